The Kier molecular flexibility index (Phi) is 10.5. The molecular formula is C29H33ClFN3O4S. The van der Waals surface area contributed by atoms with E-state index in [1.807, 2.05) is 13.8 Å². The predicted molar refractivity (Wildman–Crippen MR) is 151 cm³/mol. The second-order valence-corrected chi connectivity index (χ2v) is 11.6. The number of carbonyl (C=O) groups is 2. The maximum Gasteiger partial charge on any atom is 0.264 e. The minimum absolute atomic E-state index is 0.0167. The molecule has 1 N–H and O–H groups in total. The van der Waals surface area contributed by atoms with E-state index in [4.69, 9.17) is 11.6 Å². The lowest BCUT2D eigenvalue weighted by molar-refractivity contribution is -0.139. The van der Waals surface area contributed by atoms with Crippen molar-refractivity contribution >= 4 is 39.1 Å². The summed E-state index contributed by atoms with van der Waals surface area (Å²) < 4.78 is 42.1. The summed E-state index contributed by atoms with van der Waals surface area (Å²) in [5.41, 5.74) is 1.67. The Hall–Kier alpha value is -3.43. The summed E-state index contributed by atoms with van der Waals surface area (Å²) in [6.45, 7) is 5.32. The van der Waals surface area contributed by atoms with E-state index in [0.717, 1.165) is 34.8 Å². The van der Waals surface area contributed by atoms with Crippen molar-refractivity contribution in [3.05, 3.63) is 94.8 Å². The van der Waals surface area contributed by atoms with E-state index >= 15 is 0 Å². The zero-order valence-corrected chi connectivity index (χ0v) is 23.8. The molecule has 39 heavy (non-hydrogen) atoms. The number of nitrogens with zero attached hydrogens (tertiary/aromatic N) is 2. The van der Waals surface area contributed by atoms with Gasteiger partial charge in [0, 0.05) is 18.1 Å². The van der Waals surface area contributed by atoms with Crippen LogP contribution < -0.4 is 9.62 Å². The second kappa shape index (κ2) is 13.6. The third-order valence-corrected chi connectivity index (χ3v) is 8.26. The Balaban J connectivity index is 1.99. The van der Waals surface area contributed by atoms with E-state index in [1.54, 1.807) is 43.3 Å². The van der Waals surface area contributed by atoms with E-state index in [0.29, 0.717) is 17.1 Å². The monoisotopic (exact) mass is 573 g/mol. The maximum absolute atomic E-state index is 13.8. The van der Waals surface area contributed by atoms with Crippen molar-refractivity contribution in [3.8, 4) is 0 Å². The van der Waals surface area contributed by atoms with Gasteiger partial charge in [-0.15, -0.1) is 0 Å². The normalized spacial score (nSPS) is 12.0. The average molecular weight is 574 g/mol. The summed E-state index contributed by atoms with van der Waals surface area (Å²) in [5.74, 6) is -1.50. The summed E-state index contributed by atoms with van der Waals surface area (Å²) in [7, 11) is -4.21. The Labute approximate surface area is 234 Å². The van der Waals surface area contributed by atoms with Crippen LogP contribution in [0.3, 0.4) is 0 Å². The minimum atomic E-state index is -4.21. The van der Waals surface area contributed by atoms with Crippen LogP contribution in [-0.2, 0) is 26.2 Å². The molecule has 208 valence electrons. The molecule has 1 unspecified atom stereocenters. The highest BCUT2D eigenvalue weighted by atomic mass is 35.5. The molecule has 0 aliphatic carbocycles. The zero-order chi connectivity index (χ0) is 28.6. The molecule has 10 heteroatoms. The molecule has 0 heterocycles. The average Bonchev–Trinajstić information content (AvgIpc) is 2.90. The standard InChI is InChI=1S/C29H33ClFN3O4S/c1-4-5-17-32-29(36)22(3)33(19-23-7-6-8-24(30)18-23)28(35)20-34(26-13-11-25(31)12-14-26)39(37,38)27-15-9-21(2)10-16-27/h6-16,18,22H,4-5,17,19-20H2,1-3H3,(H,32,36). The molecule has 0 aliphatic rings. The van der Waals surface area contributed by atoms with Gasteiger partial charge in [0.25, 0.3) is 10.0 Å². The lowest BCUT2D eigenvalue weighted by Crippen LogP contribution is -2.51. The number of hydrogen-bond donors (Lipinski definition) is 1. The highest BCUT2D eigenvalue weighted by Gasteiger charge is 2.32. The SMILES string of the molecule is CCCCNC(=O)C(C)N(Cc1cccc(Cl)c1)C(=O)CN(c1ccc(F)cc1)S(=O)(=O)c1ccc(C)cc1. The Bertz CT molecular complexity index is 1380. The van der Waals surface area contributed by atoms with E-state index in [9.17, 15) is 22.4 Å². The first kappa shape index (κ1) is 30.1. The predicted octanol–water partition coefficient (Wildman–Crippen LogP) is 5.32. The molecule has 0 bridgehead atoms. The van der Waals surface area contributed by atoms with Crippen LogP contribution in [0.1, 0.15) is 37.8 Å². The van der Waals surface area contributed by atoms with Crippen LogP contribution in [0.5, 0.6) is 0 Å². The number of rotatable bonds is 12. The van der Waals surface area contributed by atoms with Crippen LogP contribution in [0, 0.1) is 12.7 Å². The van der Waals surface area contributed by atoms with E-state index in [-0.39, 0.29) is 23.0 Å². The number of nitrogens with one attached hydrogen (secondary N) is 1. The molecule has 3 aromatic carbocycles. The Morgan fingerprint density at radius 2 is 1.69 bits per heavy atom. The first-order chi connectivity index (χ1) is 18.5. The molecule has 1 atom stereocenters. The zero-order valence-electron chi connectivity index (χ0n) is 22.2. The smallest absolute Gasteiger partial charge is 0.264 e. The van der Waals surface area contributed by atoms with Crippen molar-refractivity contribution in [3.63, 3.8) is 0 Å². The number of anilines is 1. The van der Waals surface area contributed by atoms with Gasteiger partial charge < -0.3 is 10.2 Å². The maximum atomic E-state index is 13.8. The van der Waals surface area contributed by atoms with Gasteiger partial charge in [0.1, 0.15) is 18.4 Å². The second-order valence-electron chi connectivity index (χ2n) is 9.27. The van der Waals surface area contributed by atoms with Crippen LogP contribution >= 0.6 is 11.6 Å². The topological polar surface area (TPSA) is 86.8 Å². The number of unbranched alkanes of at least 4 members (excludes halogenated alkanes) is 1. The van der Waals surface area contributed by atoms with Crippen molar-refractivity contribution in [1.82, 2.24) is 10.2 Å². The first-order valence-corrected chi connectivity index (χ1v) is 14.5. The van der Waals surface area contributed by atoms with E-state index in [2.05, 4.69) is 5.32 Å². The van der Waals surface area contributed by atoms with Crippen LogP contribution in [0.25, 0.3) is 0 Å². The quantitative estimate of drug-likeness (QED) is 0.297. The molecule has 0 radical (unpaired) electrons. The van der Waals surface area contributed by atoms with Gasteiger partial charge in [0.2, 0.25) is 11.8 Å². The third kappa shape index (κ3) is 8.03. The van der Waals surface area contributed by atoms with E-state index < -0.39 is 34.3 Å². The van der Waals surface area contributed by atoms with Gasteiger partial charge >= 0.3 is 0 Å². The van der Waals surface area contributed by atoms with Crippen LogP contribution in [0.4, 0.5) is 10.1 Å². The van der Waals surface area contributed by atoms with Crippen LogP contribution in [0.2, 0.25) is 5.02 Å². The highest BCUT2D eigenvalue weighted by Crippen LogP contribution is 2.25. The van der Waals surface area contributed by atoms with Gasteiger partial charge in [-0.1, -0.05) is 54.8 Å². The molecule has 0 spiro atoms. The largest absolute Gasteiger partial charge is 0.354 e. The van der Waals surface area contributed by atoms with Gasteiger partial charge in [0.05, 0.1) is 10.6 Å². The van der Waals surface area contributed by atoms with Gasteiger partial charge in [0.15, 0.2) is 0 Å². The molecule has 7 nitrogen and oxygen atoms in total. The van der Waals surface area contributed by atoms with Crippen molar-refractivity contribution in [2.45, 2.75) is 51.1 Å². The Morgan fingerprint density at radius 3 is 2.31 bits per heavy atom. The number of carbonyl (C=O) groups excluding carboxylic acids is 2. The number of aryl methyl sites for hydroxylation is 1. The summed E-state index contributed by atoms with van der Waals surface area (Å²) in [6, 6.07) is 17.1. The summed E-state index contributed by atoms with van der Waals surface area (Å²) in [6.07, 6.45) is 1.68. The number of sulfonamides is 1. The number of hydrogen-bond acceptors (Lipinski definition) is 4. The molecule has 2 amide bonds. The van der Waals surface area contributed by atoms with Gasteiger partial charge in [-0.3, -0.25) is 13.9 Å². The highest BCUT2D eigenvalue weighted by molar-refractivity contribution is 7.92. The fourth-order valence-corrected chi connectivity index (χ4v) is 5.55. The molecule has 3 aromatic rings. The fourth-order valence-electron chi connectivity index (χ4n) is 3.92. The fraction of sp³-hybridized carbons (Fsp3) is 0.310. The van der Waals surface area contributed by atoms with Crippen LogP contribution in [-0.4, -0.2) is 44.3 Å². The summed E-state index contributed by atoms with van der Waals surface area (Å²) in [5, 5.41) is 3.30. The van der Waals surface area contributed by atoms with Crippen molar-refractivity contribution < 1.29 is 22.4 Å². The lowest BCUT2D eigenvalue weighted by Gasteiger charge is -2.32. The van der Waals surface area contributed by atoms with E-state index in [1.165, 1.54) is 29.2 Å². The molecule has 0 saturated carbocycles. The Morgan fingerprint density at radius 1 is 1.03 bits per heavy atom. The van der Waals surface area contributed by atoms with Crippen molar-refractivity contribution in [2.24, 2.45) is 0 Å². The van der Waals surface area contributed by atoms with Crippen molar-refractivity contribution in [1.29, 1.82) is 0 Å². The number of benzene rings is 3. The van der Waals surface area contributed by atoms with Gasteiger partial charge in [-0.2, -0.15) is 0 Å². The number of amides is 2. The van der Waals surface area contributed by atoms with Gasteiger partial charge in [-0.05, 0) is 74.4 Å². The number of halogens is 2. The van der Waals surface area contributed by atoms with Crippen molar-refractivity contribution in [2.75, 3.05) is 17.4 Å². The summed E-state index contributed by atoms with van der Waals surface area (Å²) >= 11 is 6.15. The third-order valence-electron chi connectivity index (χ3n) is 6.24. The molecular weight excluding hydrogens is 541 g/mol. The first-order valence-electron chi connectivity index (χ1n) is 12.7. The minimum Gasteiger partial charge on any atom is -0.354 e. The van der Waals surface area contributed by atoms with Crippen LogP contribution in [0.15, 0.2) is 77.7 Å². The lowest BCUT2D eigenvalue weighted by atomic mass is 10.1. The summed E-state index contributed by atoms with van der Waals surface area (Å²) in [4.78, 5) is 28.1. The van der Waals surface area contributed by atoms with Gasteiger partial charge in [-0.25, -0.2) is 12.8 Å². The molecule has 3 rings (SSSR count). The molecule has 0 aliphatic heterocycles. The molecule has 0 saturated heterocycles. The molecule has 0 fully saturated rings. The molecule has 0 aromatic heterocycles.